The van der Waals surface area contributed by atoms with Crippen LogP contribution in [0.15, 0.2) is 24.3 Å². The molecule has 0 radical (unpaired) electrons. The maximum Gasteiger partial charge on any atom is 0.109 e. The van der Waals surface area contributed by atoms with Crippen molar-refractivity contribution in [2.45, 2.75) is 50.7 Å². The second-order valence-electron chi connectivity index (χ2n) is 5.70. The molecule has 88 valence electrons. The van der Waals surface area contributed by atoms with E-state index in [-0.39, 0.29) is 5.54 Å². The number of alkyl halides is 1. The summed E-state index contributed by atoms with van der Waals surface area (Å²) >= 11 is 0. The topological polar surface area (TPSA) is 26.0 Å². The van der Waals surface area contributed by atoms with Crippen molar-refractivity contribution in [2.24, 2.45) is 5.73 Å². The number of halogens is 1. The normalized spacial score (nSPS) is 18.5. The second-order valence-corrected chi connectivity index (χ2v) is 5.70. The molecule has 1 aliphatic carbocycles. The highest BCUT2D eigenvalue weighted by atomic mass is 19.1. The Balaban J connectivity index is 2.17. The van der Waals surface area contributed by atoms with Gasteiger partial charge in [-0.3, -0.25) is 0 Å². The molecule has 0 bridgehead atoms. The summed E-state index contributed by atoms with van der Waals surface area (Å²) in [5.74, 6) is 0. The van der Waals surface area contributed by atoms with Gasteiger partial charge in [0, 0.05) is 12.0 Å². The van der Waals surface area contributed by atoms with Crippen LogP contribution >= 0.6 is 0 Å². The van der Waals surface area contributed by atoms with Crippen molar-refractivity contribution >= 4 is 0 Å². The van der Waals surface area contributed by atoms with Crippen molar-refractivity contribution in [2.75, 3.05) is 0 Å². The third-order valence-corrected chi connectivity index (χ3v) is 3.16. The first kappa shape index (κ1) is 11.6. The summed E-state index contributed by atoms with van der Waals surface area (Å²) in [5.41, 5.74) is 7.28. The Hall–Kier alpha value is -0.890. The lowest BCUT2D eigenvalue weighted by Crippen LogP contribution is -2.26. The molecule has 1 saturated carbocycles. The van der Waals surface area contributed by atoms with Crippen LogP contribution in [0.1, 0.15) is 37.8 Å². The minimum atomic E-state index is -1.15. The number of nitrogens with two attached hydrogens (primary N) is 1. The quantitative estimate of drug-likeness (QED) is 0.831. The molecule has 0 aliphatic heterocycles. The van der Waals surface area contributed by atoms with E-state index in [0.717, 1.165) is 24.8 Å². The van der Waals surface area contributed by atoms with E-state index in [4.69, 9.17) is 5.73 Å². The summed E-state index contributed by atoms with van der Waals surface area (Å²) in [7, 11) is 0. The summed E-state index contributed by atoms with van der Waals surface area (Å²) in [6.07, 6.45) is 3.55. The third kappa shape index (κ3) is 3.05. The highest BCUT2D eigenvalue weighted by Crippen LogP contribution is 2.36. The number of benzene rings is 1. The smallest absolute Gasteiger partial charge is 0.109 e. The van der Waals surface area contributed by atoms with Gasteiger partial charge in [0.2, 0.25) is 0 Å². The zero-order valence-corrected chi connectivity index (χ0v) is 10.1. The van der Waals surface area contributed by atoms with E-state index in [0.29, 0.717) is 6.42 Å². The molecule has 0 amide bonds. The highest BCUT2D eigenvalue weighted by Gasteiger charge is 2.38. The molecule has 2 heteroatoms. The predicted molar refractivity (Wildman–Crippen MR) is 65.2 cm³/mol. The Bertz CT molecular complexity index is 348. The monoisotopic (exact) mass is 221 g/mol. The molecule has 0 heterocycles. The van der Waals surface area contributed by atoms with E-state index in [2.05, 4.69) is 6.07 Å². The molecule has 2 rings (SSSR count). The molecule has 0 spiro atoms. The zero-order chi connectivity index (χ0) is 11.8. The minimum Gasteiger partial charge on any atom is -0.325 e. The first-order valence-corrected chi connectivity index (χ1v) is 5.93. The van der Waals surface area contributed by atoms with Crippen molar-refractivity contribution in [1.29, 1.82) is 0 Å². The fourth-order valence-electron chi connectivity index (χ4n) is 2.07. The number of hydrogen-bond donors (Lipinski definition) is 1. The van der Waals surface area contributed by atoms with Gasteiger partial charge in [-0.2, -0.15) is 0 Å². The van der Waals surface area contributed by atoms with Gasteiger partial charge in [-0.1, -0.05) is 24.3 Å². The second kappa shape index (κ2) is 3.85. The molecule has 1 aromatic carbocycles. The summed E-state index contributed by atoms with van der Waals surface area (Å²) in [6.45, 7) is 3.25. The fraction of sp³-hybridized carbons (Fsp3) is 0.571. The summed E-state index contributed by atoms with van der Waals surface area (Å²) in [4.78, 5) is 0. The Labute approximate surface area is 96.9 Å². The lowest BCUT2D eigenvalue weighted by Gasteiger charge is -2.18. The van der Waals surface area contributed by atoms with E-state index in [1.807, 2.05) is 18.2 Å². The van der Waals surface area contributed by atoms with Gasteiger partial charge in [-0.15, -0.1) is 0 Å². The van der Waals surface area contributed by atoms with Gasteiger partial charge in [0.25, 0.3) is 0 Å². The third-order valence-electron chi connectivity index (χ3n) is 3.16. The summed E-state index contributed by atoms with van der Waals surface area (Å²) in [5, 5.41) is 0. The Morgan fingerprint density at radius 3 is 2.31 bits per heavy atom. The van der Waals surface area contributed by atoms with Gasteiger partial charge in [0.1, 0.15) is 5.67 Å². The van der Waals surface area contributed by atoms with E-state index >= 15 is 0 Å². The van der Waals surface area contributed by atoms with Gasteiger partial charge in [0.05, 0.1) is 0 Å². The Kier molecular flexibility index (Phi) is 2.79. The molecule has 0 saturated heterocycles. The maximum absolute atomic E-state index is 13.7. The van der Waals surface area contributed by atoms with Crippen LogP contribution in [0, 0.1) is 0 Å². The fourth-order valence-corrected chi connectivity index (χ4v) is 2.07. The van der Waals surface area contributed by atoms with Crippen LogP contribution < -0.4 is 5.73 Å². The van der Waals surface area contributed by atoms with Crippen LogP contribution in [0.2, 0.25) is 0 Å². The molecule has 2 N–H and O–H groups in total. The van der Waals surface area contributed by atoms with Crippen molar-refractivity contribution < 1.29 is 4.39 Å². The van der Waals surface area contributed by atoms with Crippen LogP contribution in [0.3, 0.4) is 0 Å². The van der Waals surface area contributed by atoms with Crippen LogP contribution in [0.25, 0.3) is 0 Å². The van der Waals surface area contributed by atoms with Crippen molar-refractivity contribution in [3.63, 3.8) is 0 Å². The van der Waals surface area contributed by atoms with Crippen molar-refractivity contribution in [3.8, 4) is 0 Å². The van der Waals surface area contributed by atoms with Crippen molar-refractivity contribution in [1.82, 2.24) is 0 Å². The van der Waals surface area contributed by atoms with Gasteiger partial charge < -0.3 is 5.73 Å². The van der Waals surface area contributed by atoms with Gasteiger partial charge in [-0.05, 0) is 44.2 Å². The lowest BCUT2D eigenvalue weighted by atomic mass is 9.92. The summed E-state index contributed by atoms with van der Waals surface area (Å²) < 4.78 is 13.7. The Morgan fingerprint density at radius 1 is 1.25 bits per heavy atom. The van der Waals surface area contributed by atoms with Gasteiger partial charge in [-0.25, -0.2) is 4.39 Å². The predicted octanol–water partition coefficient (Wildman–Crippen LogP) is 3.01. The molecule has 16 heavy (non-hydrogen) atoms. The van der Waals surface area contributed by atoms with E-state index < -0.39 is 5.67 Å². The SMILES string of the molecule is CC(C)(F)Cc1ccccc1CC1(N)CC1. The first-order chi connectivity index (χ1) is 7.38. The molecule has 1 fully saturated rings. The average Bonchev–Trinajstić information content (AvgIpc) is 2.85. The molecular formula is C14H20FN. The molecule has 1 aliphatic rings. The Morgan fingerprint density at radius 2 is 1.81 bits per heavy atom. The molecular weight excluding hydrogens is 201 g/mol. The largest absolute Gasteiger partial charge is 0.325 e. The maximum atomic E-state index is 13.7. The molecule has 1 aromatic rings. The lowest BCUT2D eigenvalue weighted by molar-refractivity contribution is 0.216. The number of rotatable bonds is 4. The van der Waals surface area contributed by atoms with E-state index in [9.17, 15) is 4.39 Å². The standard InChI is InChI=1S/C14H20FN/c1-13(2,15)9-11-5-3-4-6-12(11)10-14(16)7-8-14/h3-6H,7-10,16H2,1-2H3. The minimum absolute atomic E-state index is 0.00341. The summed E-state index contributed by atoms with van der Waals surface area (Å²) in [6, 6.07) is 8.08. The van der Waals surface area contributed by atoms with Crippen LogP contribution in [0.4, 0.5) is 4.39 Å². The van der Waals surface area contributed by atoms with E-state index in [1.54, 1.807) is 13.8 Å². The first-order valence-electron chi connectivity index (χ1n) is 5.93. The molecule has 0 aromatic heterocycles. The van der Waals surface area contributed by atoms with Gasteiger partial charge in [0.15, 0.2) is 0 Å². The van der Waals surface area contributed by atoms with Crippen molar-refractivity contribution in [3.05, 3.63) is 35.4 Å². The van der Waals surface area contributed by atoms with Gasteiger partial charge >= 0.3 is 0 Å². The van der Waals surface area contributed by atoms with Crippen LogP contribution in [0.5, 0.6) is 0 Å². The number of hydrogen-bond acceptors (Lipinski definition) is 1. The van der Waals surface area contributed by atoms with Crippen LogP contribution in [-0.4, -0.2) is 11.2 Å². The molecule has 0 unspecified atom stereocenters. The average molecular weight is 221 g/mol. The highest BCUT2D eigenvalue weighted by molar-refractivity contribution is 5.31. The molecule has 1 nitrogen and oxygen atoms in total. The zero-order valence-electron chi connectivity index (χ0n) is 10.1. The molecule has 0 atom stereocenters. The van der Waals surface area contributed by atoms with Crippen LogP contribution in [-0.2, 0) is 12.8 Å². The van der Waals surface area contributed by atoms with E-state index in [1.165, 1.54) is 5.56 Å².